The second-order valence-electron chi connectivity index (χ2n) is 6.95. The molecule has 0 bridgehead atoms. The number of hydrogen-bond acceptors (Lipinski definition) is 5. The molecule has 0 spiro atoms. The number of anilines is 1. The number of halogens is 3. The standard InChI is InChI=1S/C22H19Cl3N4O3/c1-29(21(30)15-3-2-8-27-20(15)25)19(22(31)32)9-13-4-6-14(7-5-13)28-10-16-17(23)11-26-12-18(16)24/h2-8,11-12,19,28H,9-10H2,1H3,(H,31,32)/t19-/m0/s1. The fraction of sp³-hybridized carbons (Fsp3) is 0.182. The molecule has 2 heterocycles. The van der Waals surface area contributed by atoms with E-state index in [1.165, 1.54) is 31.7 Å². The first-order chi connectivity index (χ1) is 15.3. The fourth-order valence-corrected chi connectivity index (χ4v) is 3.74. The van der Waals surface area contributed by atoms with Crippen molar-refractivity contribution in [2.24, 2.45) is 0 Å². The van der Waals surface area contributed by atoms with Crippen molar-refractivity contribution < 1.29 is 14.7 Å². The molecule has 0 aliphatic carbocycles. The van der Waals surface area contributed by atoms with Gasteiger partial charge in [0.1, 0.15) is 11.2 Å². The highest BCUT2D eigenvalue weighted by atomic mass is 35.5. The zero-order valence-electron chi connectivity index (χ0n) is 16.9. The van der Waals surface area contributed by atoms with Crippen molar-refractivity contribution in [2.75, 3.05) is 12.4 Å². The molecule has 3 rings (SSSR count). The lowest BCUT2D eigenvalue weighted by Gasteiger charge is -2.25. The minimum absolute atomic E-state index is 0.0262. The molecule has 1 amide bonds. The van der Waals surface area contributed by atoms with Gasteiger partial charge in [-0.3, -0.25) is 9.78 Å². The van der Waals surface area contributed by atoms with Gasteiger partial charge in [-0.2, -0.15) is 0 Å². The number of rotatable bonds is 8. The molecule has 0 aliphatic rings. The minimum atomic E-state index is -1.12. The van der Waals surface area contributed by atoms with Crippen LogP contribution in [0.5, 0.6) is 0 Å². The molecule has 0 radical (unpaired) electrons. The van der Waals surface area contributed by atoms with Gasteiger partial charge in [-0.15, -0.1) is 0 Å². The summed E-state index contributed by atoms with van der Waals surface area (Å²) in [5.41, 5.74) is 2.43. The van der Waals surface area contributed by atoms with Crippen LogP contribution in [0.4, 0.5) is 5.69 Å². The van der Waals surface area contributed by atoms with Crippen molar-refractivity contribution in [1.29, 1.82) is 0 Å². The van der Waals surface area contributed by atoms with Gasteiger partial charge in [0.05, 0.1) is 15.6 Å². The summed E-state index contributed by atoms with van der Waals surface area (Å²) in [6.45, 7) is 0.403. The summed E-state index contributed by atoms with van der Waals surface area (Å²) in [5.74, 6) is -1.63. The van der Waals surface area contributed by atoms with E-state index in [2.05, 4.69) is 15.3 Å². The molecule has 166 valence electrons. The summed E-state index contributed by atoms with van der Waals surface area (Å²) in [4.78, 5) is 33.6. The minimum Gasteiger partial charge on any atom is -0.480 e. The van der Waals surface area contributed by atoms with Crippen molar-refractivity contribution >= 4 is 52.4 Å². The van der Waals surface area contributed by atoms with E-state index in [1.54, 1.807) is 18.2 Å². The molecule has 0 fully saturated rings. The van der Waals surface area contributed by atoms with Crippen LogP contribution in [0, 0.1) is 0 Å². The maximum atomic E-state index is 12.7. The van der Waals surface area contributed by atoms with Crippen molar-refractivity contribution in [1.82, 2.24) is 14.9 Å². The topological polar surface area (TPSA) is 95.4 Å². The molecule has 3 aromatic rings. The third-order valence-corrected chi connectivity index (χ3v) is 5.82. The van der Waals surface area contributed by atoms with E-state index >= 15 is 0 Å². The number of pyridine rings is 2. The predicted molar refractivity (Wildman–Crippen MR) is 124 cm³/mol. The Kier molecular flexibility index (Phi) is 7.90. The largest absolute Gasteiger partial charge is 0.480 e. The molecular formula is C22H19Cl3N4O3. The van der Waals surface area contributed by atoms with Crippen LogP contribution in [-0.4, -0.2) is 44.9 Å². The summed E-state index contributed by atoms with van der Waals surface area (Å²) >= 11 is 18.2. The third kappa shape index (κ3) is 5.68. The number of hydrogen-bond donors (Lipinski definition) is 2. The monoisotopic (exact) mass is 492 g/mol. The zero-order valence-corrected chi connectivity index (χ0v) is 19.2. The molecule has 0 saturated carbocycles. The third-order valence-electron chi connectivity index (χ3n) is 4.87. The van der Waals surface area contributed by atoms with E-state index in [0.717, 1.165) is 21.7 Å². The Morgan fingerprint density at radius 1 is 1.09 bits per heavy atom. The Labute approximate surface area is 200 Å². The number of carbonyl (C=O) groups excluding carboxylic acids is 1. The van der Waals surface area contributed by atoms with Crippen LogP contribution < -0.4 is 5.32 Å². The van der Waals surface area contributed by atoms with Gasteiger partial charge in [-0.05, 0) is 29.8 Å². The Balaban J connectivity index is 1.68. The van der Waals surface area contributed by atoms with Crippen LogP contribution >= 0.6 is 34.8 Å². The van der Waals surface area contributed by atoms with Gasteiger partial charge >= 0.3 is 5.97 Å². The first-order valence-corrected chi connectivity index (χ1v) is 10.6. The van der Waals surface area contributed by atoms with Gasteiger partial charge in [0.2, 0.25) is 0 Å². The summed E-state index contributed by atoms with van der Waals surface area (Å²) in [6.07, 6.45) is 4.63. The molecule has 7 nitrogen and oxygen atoms in total. The predicted octanol–water partition coefficient (Wildman–Crippen LogP) is 4.82. The van der Waals surface area contributed by atoms with Gasteiger partial charge in [-0.25, -0.2) is 9.78 Å². The van der Waals surface area contributed by atoms with E-state index in [1.807, 2.05) is 12.1 Å². The van der Waals surface area contributed by atoms with Crippen LogP contribution in [-0.2, 0) is 17.8 Å². The average molecular weight is 494 g/mol. The average Bonchev–Trinajstić information content (AvgIpc) is 2.77. The number of carbonyl (C=O) groups is 2. The second kappa shape index (κ2) is 10.6. The molecule has 0 unspecified atom stereocenters. The molecule has 1 atom stereocenters. The number of carboxylic acid groups (broad SMARTS) is 1. The van der Waals surface area contributed by atoms with Crippen LogP contribution in [0.15, 0.2) is 55.0 Å². The zero-order chi connectivity index (χ0) is 23.3. The maximum absolute atomic E-state index is 12.7. The molecule has 32 heavy (non-hydrogen) atoms. The first-order valence-electron chi connectivity index (χ1n) is 9.49. The Hall–Kier alpha value is -2.87. The molecule has 2 N–H and O–H groups in total. The summed E-state index contributed by atoms with van der Waals surface area (Å²) in [5, 5.41) is 13.9. The smallest absolute Gasteiger partial charge is 0.326 e. The van der Waals surface area contributed by atoms with E-state index in [-0.39, 0.29) is 17.1 Å². The molecule has 1 aromatic carbocycles. The van der Waals surface area contributed by atoms with Crippen molar-refractivity contribution in [3.05, 3.63) is 86.9 Å². The van der Waals surface area contributed by atoms with E-state index in [9.17, 15) is 14.7 Å². The molecule has 0 aliphatic heterocycles. The van der Waals surface area contributed by atoms with E-state index in [0.29, 0.717) is 16.6 Å². The number of benzene rings is 1. The van der Waals surface area contributed by atoms with Crippen LogP contribution in [0.3, 0.4) is 0 Å². The number of amides is 1. The van der Waals surface area contributed by atoms with Crippen LogP contribution in [0.2, 0.25) is 15.2 Å². The lowest BCUT2D eigenvalue weighted by Crippen LogP contribution is -2.44. The lowest BCUT2D eigenvalue weighted by molar-refractivity contribution is -0.141. The number of nitrogens with one attached hydrogen (secondary N) is 1. The number of aromatic nitrogens is 2. The van der Waals surface area contributed by atoms with Gasteiger partial charge in [-0.1, -0.05) is 46.9 Å². The van der Waals surface area contributed by atoms with Crippen molar-refractivity contribution in [3.8, 4) is 0 Å². The normalized spacial score (nSPS) is 11.6. The summed E-state index contributed by atoms with van der Waals surface area (Å²) in [7, 11) is 1.43. The molecular weight excluding hydrogens is 475 g/mol. The quantitative estimate of drug-likeness (QED) is 0.437. The SMILES string of the molecule is CN(C(=O)c1cccnc1Cl)[C@@H](Cc1ccc(NCc2c(Cl)cncc2Cl)cc1)C(=O)O. The van der Waals surface area contributed by atoms with Crippen molar-refractivity contribution in [2.45, 2.75) is 19.0 Å². The number of likely N-dealkylation sites (N-methyl/N-ethyl adjacent to an activating group) is 1. The Morgan fingerprint density at radius 3 is 2.34 bits per heavy atom. The van der Waals surface area contributed by atoms with E-state index < -0.39 is 17.9 Å². The Morgan fingerprint density at radius 2 is 1.75 bits per heavy atom. The number of nitrogens with zero attached hydrogens (tertiary/aromatic N) is 3. The van der Waals surface area contributed by atoms with Gasteiger partial charge in [0.25, 0.3) is 5.91 Å². The number of aliphatic carboxylic acids is 1. The van der Waals surface area contributed by atoms with Crippen LogP contribution in [0.25, 0.3) is 0 Å². The highest BCUT2D eigenvalue weighted by Gasteiger charge is 2.28. The van der Waals surface area contributed by atoms with Gasteiger partial charge in [0.15, 0.2) is 0 Å². The summed E-state index contributed by atoms with van der Waals surface area (Å²) in [6, 6.07) is 9.23. The van der Waals surface area contributed by atoms with Crippen molar-refractivity contribution in [3.63, 3.8) is 0 Å². The van der Waals surface area contributed by atoms with Gasteiger partial charge < -0.3 is 15.3 Å². The fourth-order valence-electron chi connectivity index (χ4n) is 3.05. The second-order valence-corrected chi connectivity index (χ2v) is 8.12. The molecule has 10 heteroatoms. The van der Waals surface area contributed by atoms with E-state index in [4.69, 9.17) is 34.8 Å². The van der Waals surface area contributed by atoms with Gasteiger partial charge in [0, 0.05) is 49.9 Å². The maximum Gasteiger partial charge on any atom is 0.326 e. The highest BCUT2D eigenvalue weighted by Crippen LogP contribution is 2.24. The lowest BCUT2D eigenvalue weighted by atomic mass is 10.0. The summed E-state index contributed by atoms with van der Waals surface area (Å²) < 4.78 is 0. The molecule has 0 saturated heterocycles. The molecule has 2 aromatic heterocycles. The Bertz CT molecular complexity index is 1110. The number of carboxylic acids is 1. The first kappa shape index (κ1) is 23.8. The highest BCUT2D eigenvalue weighted by molar-refractivity contribution is 6.35. The van der Waals surface area contributed by atoms with Crippen LogP contribution in [0.1, 0.15) is 21.5 Å².